The van der Waals surface area contributed by atoms with Gasteiger partial charge in [-0.25, -0.2) is 0 Å². The predicted molar refractivity (Wildman–Crippen MR) is 84.1 cm³/mol. The third-order valence-electron chi connectivity index (χ3n) is 3.77. The summed E-state index contributed by atoms with van der Waals surface area (Å²) in [4.78, 5) is 14.4. The molecule has 21 heavy (non-hydrogen) atoms. The summed E-state index contributed by atoms with van der Waals surface area (Å²) in [6.07, 6.45) is 3.80. The highest BCUT2D eigenvalue weighted by molar-refractivity contribution is 6.03. The second kappa shape index (κ2) is 6.50. The van der Waals surface area contributed by atoms with Crippen LogP contribution in [-0.4, -0.2) is 38.1 Å². The average Bonchev–Trinajstić information content (AvgIpc) is 2.99. The Bertz CT molecular complexity index is 569. The third kappa shape index (κ3) is 3.39. The van der Waals surface area contributed by atoms with Crippen LogP contribution in [0, 0.1) is 5.92 Å². The summed E-state index contributed by atoms with van der Waals surface area (Å²) in [5.74, 6) is 1.96. The van der Waals surface area contributed by atoms with Gasteiger partial charge in [0.25, 0.3) is 0 Å². The van der Waals surface area contributed by atoms with Crippen LogP contribution in [-0.2, 0) is 4.79 Å². The van der Waals surface area contributed by atoms with E-state index in [1.54, 1.807) is 0 Å². The van der Waals surface area contributed by atoms with Crippen molar-refractivity contribution >= 4 is 24.3 Å². The van der Waals surface area contributed by atoms with E-state index in [2.05, 4.69) is 4.90 Å². The smallest absolute Gasteiger partial charge is 0.231 e. The van der Waals surface area contributed by atoms with Gasteiger partial charge >= 0.3 is 0 Å². The minimum atomic E-state index is 0. The number of ether oxygens (including phenoxy) is 2. The van der Waals surface area contributed by atoms with Crippen LogP contribution in [0.1, 0.15) is 18.4 Å². The number of nitrogens with zero attached hydrogens (tertiary/aromatic N) is 1. The molecular formula is C16H20ClNO3. The SMILES string of the molecule is CN(C)CC1CCC(=Cc2ccc3c(c2)OCO3)C1=O.Cl. The van der Waals surface area contributed by atoms with Crippen molar-refractivity contribution in [3.05, 3.63) is 29.3 Å². The Hall–Kier alpha value is -1.52. The Kier molecular flexibility index (Phi) is 4.91. The van der Waals surface area contributed by atoms with E-state index >= 15 is 0 Å². The molecule has 114 valence electrons. The van der Waals surface area contributed by atoms with Gasteiger partial charge in [-0.15, -0.1) is 12.4 Å². The topological polar surface area (TPSA) is 38.8 Å². The fourth-order valence-electron chi connectivity index (χ4n) is 2.81. The maximum absolute atomic E-state index is 12.3. The number of carbonyl (C=O) groups excluding carboxylic acids is 1. The fourth-order valence-corrected chi connectivity index (χ4v) is 2.81. The van der Waals surface area contributed by atoms with Crippen molar-refractivity contribution < 1.29 is 14.3 Å². The number of hydrogen-bond donors (Lipinski definition) is 0. The van der Waals surface area contributed by atoms with Crippen molar-refractivity contribution in [2.45, 2.75) is 12.8 Å². The summed E-state index contributed by atoms with van der Waals surface area (Å²) in [5, 5.41) is 0. The first-order valence-corrected chi connectivity index (χ1v) is 6.92. The van der Waals surface area contributed by atoms with Crippen LogP contribution in [0.25, 0.3) is 6.08 Å². The first-order chi connectivity index (χ1) is 9.63. The van der Waals surface area contributed by atoms with Gasteiger partial charge in [0, 0.05) is 12.5 Å². The number of allylic oxidation sites excluding steroid dienone is 1. The van der Waals surface area contributed by atoms with Gasteiger partial charge < -0.3 is 14.4 Å². The quantitative estimate of drug-likeness (QED) is 0.805. The Morgan fingerprint density at radius 3 is 2.81 bits per heavy atom. The van der Waals surface area contributed by atoms with Crippen molar-refractivity contribution in [3.63, 3.8) is 0 Å². The maximum atomic E-state index is 12.3. The number of hydrogen-bond acceptors (Lipinski definition) is 4. The molecule has 0 radical (unpaired) electrons. The van der Waals surface area contributed by atoms with Gasteiger partial charge in [0.05, 0.1) is 0 Å². The van der Waals surface area contributed by atoms with Gasteiger partial charge in [-0.3, -0.25) is 4.79 Å². The summed E-state index contributed by atoms with van der Waals surface area (Å²) >= 11 is 0. The molecule has 1 aliphatic heterocycles. The molecule has 0 amide bonds. The van der Waals surface area contributed by atoms with E-state index in [1.807, 2.05) is 38.4 Å². The van der Waals surface area contributed by atoms with E-state index in [0.29, 0.717) is 0 Å². The van der Waals surface area contributed by atoms with Crippen LogP contribution in [0.5, 0.6) is 11.5 Å². The number of fused-ring (bicyclic) bond motifs is 1. The molecule has 1 aromatic carbocycles. The van der Waals surface area contributed by atoms with E-state index in [0.717, 1.165) is 42.0 Å². The van der Waals surface area contributed by atoms with Gasteiger partial charge in [0.15, 0.2) is 17.3 Å². The highest BCUT2D eigenvalue weighted by atomic mass is 35.5. The first kappa shape index (κ1) is 15.9. The van der Waals surface area contributed by atoms with E-state index < -0.39 is 0 Å². The molecule has 1 aromatic rings. The van der Waals surface area contributed by atoms with Crippen LogP contribution in [0.3, 0.4) is 0 Å². The maximum Gasteiger partial charge on any atom is 0.231 e. The molecule has 4 nitrogen and oxygen atoms in total. The highest BCUT2D eigenvalue weighted by Crippen LogP contribution is 2.34. The van der Waals surface area contributed by atoms with Crippen molar-refractivity contribution in [3.8, 4) is 11.5 Å². The molecule has 1 unspecified atom stereocenters. The molecule has 3 rings (SSSR count). The number of ketones is 1. The van der Waals surface area contributed by atoms with Gasteiger partial charge in [0.1, 0.15) is 0 Å². The van der Waals surface area contributed by atoms with Crippen LogP contribution < -0.4 is 9.47 Å². The molecule has 0 bridgehead atoms. The van der Waals surface area contributed by atoms with Crippen molar-refractivity contribution in [2.24, 2.45) is 5.92 Å². The summed E-state index contributed by atoms with van der Waals surface area (Å²) < 4.78 is 10.7. The molecule has 2 aliphatic rings. The van der Waals surface area contributed by atoms with Gasteiger partial charge in [-0.05, 0) is 56.3 Å². The molecule has 1 heterocycles. The Labute approximate surface area is 131 Å². The number of benzene rings is 1. The molecule has 1 aliphatic carbocycles. The molecule has 0 saturated heterocycles. The summed E-state index contributed by atoms with van der Waals surface area (Å²) in [7, 11) is 4.01. The molecule has 1 saturated carbocycles. The Morgan fingerprint density at radius 1 is 1.29 bits per heavy atom. The van der Waals surface area contributed by atoms with Gasteiger partial charge in [0.2, 0.25) is 6.79 Å². The Morgan fingerprint density at radius 2 is 2.05 bits per heavy atom. The summed E-state index contributed by atoms with van der Waals surface area (Å²) in [6.45, 7) is 1.11. The van der Waals surface area contributed by atoms with Crippen molar-refractivity contribution in [1.29, 1.82) is 0 Å². The average molecular weight is 310 g/mol. The molecule has 0 spiro atoms. The first-order valence-electron chi connectivity index (χ1n) is 6.92. The van der Waals surface area contributed by atoms with Crippen molar-refractivity contribution in [2.75, 3.05) is 27.4 Å². The van der Waals surface area contributed by atoms with Crippen LogP contribution in [0.4, 0.5) is 0 Å². The molecule has 1 atom stereocenters. The molecule has 1 fully saturated rings. The second-order valence-electron chi connectivity index (χ2n) is 5.64. The van der Waals surface area contributed by atoms with Gasteiger partial charge in [-0.2, -0.15) is 0 Å². The van der Waals surface area contributed by atoms with Gasteiger partial charge in [-0.1, -0.05) is 6.07 Å². The minimum absolute atomic E-state index is 0. The van der Waals surface area contributed by atoms with Crippen LogP contribution in [0.2, 0.25) is 0 Å². The standard InChI is InChI=1S/C16H19NO3.ClH/c1-17(2)9-13-5-4-12(16(13)18)7-11-3-6-14-15(8-11)20-10-19-14;/h3,6-8,13H,4-5,9-10H2,1-2H3;1H. The lowest BCUT2D eigenvalue weighted by molar-refractivity contribution is -0.118. The molecule has 0 aromatic heterocycles. The minimum Gasteiger partial charge on any atom is -0.454 e. The number of Topliss-reactive ketones (excluding diaryl/α,β-unsaturated/α-hetero) is 1. The van der Waals surface area contributed by atoms with Crippen molar-refractivity contribution in [1.82, 2.24) is 4.90 Å². The normalized spacial score (nSPS) is 22.0. The molecular weight excluding hydrogens is 290 g/mol. The monoisotopic (exact) mass is 309 g/mol. The largest absolute Gasteiger partial charge is 0.454 e. The zero-order chi connectivity index (χ0) is 14.1. The number of halogens is 1. The summed E-state index contributed by atoms with van der Waals surface area (Å²) in [5.41, 5.74) is 1.93. The Balaban J connectivity index is 0.00000161. The third-order valence-corrected chi connectivity index (χ3v) is 3.77. The van der Waals surface area contributed by atoms with E-state index in [-0.39, 0.29) is 30.9 Å². The lowest BCUT2D eigenvalue weighted by Gasteiger charge is -2.13. The number of carbonyl (C=O) groups is 1. The zero-order valence-corrected chi connectivity index (χ0v) is 13.1. The van der Waals surface area contributed by atoms with E-state index in [4.69, 9.17) is 9.47 Å². The number of rotatable bonds is 3. The lowest BCUT2D eigenvalue weighted by Crippen LogP contribution is -2.24. The van der Waals surface area contributed by atoms with Crippen LogP contribution >= 0.6 is 12.4 Å². The zero-order valence-electron chi connectivity index (χ0n) is 12.3. The van der Waals surface area contributed by atoms with E-state index in [1.165, 1.54) is 0 Å². The molecule has 0 N–H and O–H groups in total. The lowest BCUT2D eigenvalue weighted by atomic mass is 10.0. The molecule has 5 heteroatoms. The highest BCUT2D eigenvalue weighted by Gasteiger charge is 2.29. The fraction of sp³-hybridized carbons (Fsp3) is 0.438. The summed E-state index contributed by atoms with van der Waals surface area (Å²) in [6, 6.07) is 5.79. The van der Waals surface area contributed by atoms with E-state index in [9.17, 15) is 4.79 Å². The second-order valence-corrected chi connectivity index (χ2v) is 5.64. The van der Waals surface area contributed by atoms with Crippen LogP contribution in [0.15, 0.2) is 23.8 Å². The predicted octanol–water partition coefficient (Wildman–Crippen LogP) is 2.76.